The van der Waals surface area contributed by atoms with Crippen molar-refractivity contribution in [3.63, 3.8) is 0 Å². The SMILES string of the molecule is CC1/C=C\C=C/Cc2ccccc2-c2cccc(N)c2-c2ncccc21. The van der Waals surface area contributed by atoms with Crippen LogP contribution in [-0.2, 0) is 6.42 Å². The van der Waals surface area contributed by atoms with Gasteiger partial charge in [-0.1, -0.05) is 73.7 Å². The number of pyridine rings is 1. The third kappa shape index (κ3) is 2.95. The maximum atomic E-state index is 6.47. The van der Waals surface area contributed by atoms with Crippen LogP contribution in [0.5, 0.6) is 0 Å². The van der Waals surface area contributed by atoms with Crippen LogP contribution in [0.25, 0.3) is 22.4 Å². The van der Waals surface area contributed by atoms with Crippen LogP contribution in [0.1, 0.15) is 24.0 Å². The number of rotatable bonds is 0. The zero-order valence-corrected chi connectivity index (χ0v) is 14.9. The minimum Gasteiger partial charge on any atom is -0.398 e. The summed E-state index contributed by atoms with van der Waals surface area (Å²) in [6.07, 6.45) is 11.4. The van der Waals surface area contributed by atoms with Crippen molar-refractivity contribution >= 4 is 5.69 Å². The molecule has 0 aliphatic heterocycles. The largest absolute Gasteiger partial charge is 0.398 e. The number of benzene rings is 2. The molecule has 1 aliphatic rings. The molecule has 0 saturated heterocycles. The van der Waals surface area contributed by atoms with Crippen LogP contribution in [0.15, 0.2) is 85.1 Å². The summed E-state index contributed by atoms with van der Waals surface area (Å²) in [6, 6.07) is 18.8. The lowest BCUT2D eigenvalue weighted by atomic mass is 9.87. The van der Waals surface area contributed by atoms with Crippen LogP contribution in [0.2, 0.25) is 0 Å². The number of hydrogen-bond donors (Lipinski definition) is 1. The van der Waals surface area contributed by atoms with Crippen molar-refractivity contribution < 1.29 is 0 Å². The highest BCUT2D eigenvalue weighted by atomic mass is 14.7. The van der Waals surface area contributed by atoms with Crippen molar-refractivity contribution in [2.24, 2.45) is 0 Å². The van der Waals surface area contributed by atoms with Crippen molar-refractivity contribution in [2.45, 2.75) is 19.3 Å². The number of nitrogen functional groups attached to an aromatic ring is 1. The van der Waals surface area contributed by atoms with Gasteiger partial charge in [0, 0.05) is 23.4 Å². The molecule has 0 amide bonds. The van der Waals surface area contributed by atoms with Gasteiger partial charge in [0.1, 0.15) is 0 Å². The molecule has 26 heavy (non-hydrogen) atoms. The Morgan fingerprint density at radius 3 is 2.69 bits per heavy atom. The summed E-state index contributed by atoms with van der Waals surface area (Å²) >= 11 is 0. The fourth-order valence-corrected chi connectivity index (χ4v) is 3.62. The predicted octanol–water partition coefficient (Wildman–Crippen LogP) is 5.77. The van der Waals surface area contributed by atoms with Gasteiger partial charge < -0.3 is 5.73 Å². The summed E-state index contributed by atoms with van der Waals surface area (Å²) in [5.74, 6) is 0.255. The molecule has 1 aromatic heterocycles. The van der Waals surface area contributed by atoms with E-state index in [0.717, 1.165) is 28.9 Å². The first-order valence-corrected chi connectivity index (χ1v) is 9.01. The van der Waals surface area contributed by atoms with E-state index in [0.29, 0.717) is 0 Å². The standard InChI is InChI=1S/C24H22N2/c1-17-9-3-2-4-10-18-11-5-6-12-20(18)21-13-7-15-22(25)23(21)24-19(17)14-8-16-26-24/h2-9,11-17H,10,25H2,1H3/b4-2-,9-3-. The molecule has 0 spiro atoms. The highest BCUT2D eigenvalue weighted by molar-refractivity contribution is 5.91. The molecular formula is C24H22N2. The van der Waals surface area contributed by atoms with Gasteiger partial charge in [0.05, 0.1) is 5.69 Å². The first kappa shape index (κ1) is 16.3. The lowest BCUT2D eigenvalue weighted by Crippen LogP contribution is -2.02. The molecule has 1 heterocycles. The second kappa shape index (κ2) is 7.01. The van der Waals surface area contributed by atoms with E-state index in [1.807, 2.05) is 24.4 Å². The molecule has 1 unspecified atom stereocenters. The number of hydrogen-bond acceptors (Lipinski definition) is 2. The summed E-state index contributed by atoms with van der Waals surface area (Å²) in [5.41, 5.74) is 14.1. The third-order valence-electron chi connectivity index (χ3n) is 4.96. The normalized spacial score (nSPS) is 18.4. The van der Waals surface area contributed by atoms with E-state index in [1.165, 1.54) is 16.7 Å². The minimum absolute atomic E-state index is 0.255. The Labute approximate surface area is 154 Å². The number of fused-ring (bicyclic) bond motifs is 5. The minimum atomic E-state index is 0.255. The molecule has 2 N–H and O–H groups in total. The number of allylic oxidation sites excluding steroid dienone is 4. The van der Waals surface area contributed by atoms with Crippen LogP contribution >= 0.6 is 0 Å². The van der Waals surface area contributed by atoms with Crippen molar-refractivity contribution in [1.82, 2.24) is 4.98 Å². The highest BCUT2D eigenvalue weighted by Gasteiger charge is 2.19. The first-order chi connectivity index (χ1) is 12.8. The average Bonchev–Trinajstić information content (AvgIpc) is 2.67. The van der Waals surface area contributed by atoms with E-state index in [1.54, 1.807) is 0 Å². The van der Waals surface area contributed by atoms with Gasteiger partial charge in [-0.2, -0.15) is 0 Å². The van der Waals surface area contributed by atoms with Gasteiger partial charge in [0.25, 0.3) is 0 Å². The van der Waals surface area contributed by atoms with Crippen LogP contribution in [0, 0.1) is 0 Å². The molecule has 0 saturated carbocycles. The predicted molar refractivity (Wildman–Crippen MR) is 110 cm³/mol. The van der Waals surface area contributed by atoms with E-state index >= 15 is 0 Å². The van der Waals surface area contributed by atoms with Gasteiger partial charge in [-0.05, 0) is 40.8 Å². The summed E-state index contributed by atoms with van der Waals surface area (Å²) in [5, 5.41) is 0. The van der Waals surface area contributed by atoms with Crippen molar-refractivity contribution in [3.05, 3.63) is 96.2 Å². The smallest absolute Gasteiger partial charge is 0.0766 e. The van der Waals surface area contributed by atoms with Gasteiger partial charge in [-0.3, -0.25) is 4.98 Å². The molecule has 4 rings (SSSR count). The Bertz CT molecular complexity index is 999. The van der Waals surface area contributed by atoms with Crippen molar-refractivity contribution in [1.29, 1.82) is 0 Å². The number of nitrogens with zero attached hydrogens (tertiary/aromatic N) is 1. The summed E-state index contributed by atoms with van der Waals surface area (Å²) in [4.78, 5) is 4.74. The van der Waals surface area contributed by atoms with E-state index in [-0.39, 0.29) is 5.92 Å². The Morgan fingerprint density at radius 1 is 0.923 bits per heavy atom. The van der Waals surface area contributed by atoms with Crippen molar-refractivity contribution in [3.8, 4) is 22.4 Å². The molecule has 1 aliphatic carbocycles. The van der Waals surface area contributed by atoms with E-state index in [4.69, 9.17) is 10.7 Å². The number of nitrogens with two attached hydrogens (primary N) is 1. The van der Waals surface area contributed by atoms with Crippen LogP contribution in [-0.4, -0.2) is 4.98 Å². The van der Waals surface area contributed by atoms with Gasteiger partial charge >= 0.3 is 0 Å². The summed E-state index contributed by atoms with van der Waals surface area (Å²) in [7, 11) is 0. The first-order valence-electron chi connectivity index (χ1n) is 9.01. The van der Waals surface area contributed by atoms with E-state index in [2.05, 4.69) is 67.6 Å². The lowest BCUT2D eigenvalue weighted by molar-refractivity contribution is 0.957. The Balaban J connectivity index is 2.08. The molecule has 0 fully saturated rings. The maximum absolute atomic E-state index is 6.47. The van der Waals surface area contributed by atoms with E-state index < -0.39 is 0 Å². The molecule has 128 valence electrons. The Morgan fingerprint density at radius 2 is 1.77 bits per heavy atom. The van der Waals surface area contributed by atoms with Gasteiger partial charge in [0.15, 0.2) is 0 Å². The van der Waals surface area contributed by atoms with Crippen molar-refractivity contribution in [2.75, 3.05) is 5.73 Å². The highest BCUT2D eigenvalue weighted by Crippen LogP contribution is 2.40. The van der Waals surface area contributed by atoms with E-state index in [9.17, 15) is 0 Å². The lowest BCUT2D eigenvalue weighted by Gasteiger charge is -2.19. The monoisotopic (exact) mass is 338 g/mol. The van der Waals surface area contributed by atoms with Crippen LogP contribution in [0.3, 0.4) is 0 Å². The average molecular weight is 338 g/mol. The summed E-state index contributed by atoms with van der Waals surface area (Å²) in [6.45, 7) is 2.20. The molecule has 0 radical (unpaired) electrons. The van der Waals surface area contributed by atoms with Crippen LogP contribution < -0.4 is 5.73 Å². The van der Waals surface area contributed by atoms with Gasteiger partial charge in [-0.15, -0.1) is 0 Å². The fraction of sp³-hybridized carbons (Fsp3) is 0.125. The zero-order chi connectivity index (χ0) is 17.9. The quantitative estimate of drug-likeness (QED) is 0.528. The summed E-state index contributed by atoms with van der Waals surface area (Å²) < 4.78 is 0. The maximum Gasteiger partial charge on any atom is 0.0766 e. The molecule has 2 aromatic carbocycles. The topological polar surface area (TPSA) is 38.9 Å². The molecular weight excluding hydrogens is 316 g/mol. The molecule has 1 atom stereocenters. The Kier molecular flexibility index (Phi) is 4.40. The molecule has 2 nitrogen and oxygen atoms in total. The number of aromatic nitrogens is 1. The second-order valence-corrected chi connectivity index (χ2v) is 6.67. The molecule has 3 aromatic rings. The fourth-order valence-electron chi connectivity index (χ4n) is 3.62. The van der Waals surface area contributed by atoms with Gasteiger partial charge in [0.2, 0.25) is 0 Å². The van der Waals surface area contributed by atoms with Crippen LogP contribution in [0.4, 0.5) is 5.69 Å². The van der Waals surface area contributed by atoms with Gasteiger partial charge in [-0.25, -0.2) is 0 Å². The Hall–Kier alpha value is -3.13. The zero-order valence-electron chi connectivity index (χ0n) is 14.9. The molecule has 2 heteroatoms. The third-order valence-corrected chi connectivity index (χ3v) is 4.96. The second-order valence-electron chi connectivity index (χ2n) is 6.67. The molecule has 0 bridgehead atoms. The number of anilines is 1.